The number of nitrogens with zero attached hydrogens (tertiary/aromatic N) is 1. The number of hydrogen-bond acceptors (Lipinski definition) is 1. The molecule has 1 N–H and O–H groups in total. The van der Waals surface area contributed by atoms with Crippen molar-refractivity contribution in [2.24, 2.45) is 0 Å². The summed E-state index contributed by atoms with van der Waals surface area (Å²) in [6.07, 6.45) is 2.32. The highest BCUT2D eigenvalue weighted by atomic mass is 19.1. The third kappa shape index (κ3) is 4.21. The van der Waals surface area contributed by atoms with Crippen LogP contribution in [0.3, 0.4) is 0 Å². The van der Waals surface area contributed by atoms with E-state index in [-0.39, 0.29) is 11.7 Å². The number of fused-ring (bicyclic) bond motifs is 1. The van der Waals surface area contributed by atoms with Crippen molar-refractivity contribution in [2.75, 3.05) is 5.32 Å². The molecule has 0 unspecified atom stereocenters. The molecule has 1 heterocycles. The van der Waals surface area contributed by atoms with E-state index in [4.69, 9.17) is 0 Å². The van der Waals surface area contributed by atoms with Crippen LogP contribution in [0.4, 0.5) is 10.1 Å². The van der Waals surface area contributed by atoms with Gasteiger partial charge < -0.3 is 9.88 Å². The van der Waals surface area contributed by atoms with Crippen LogP contribution in [0.2, 0.25) is 0 Å². The number of para-hydroxylation sites is 1. The lowest BCUT2D eigenvalue weighted by atomic mass is 10.1. The van der Waals surface area contributed by atoms with E-state index < -0.39 is 0 Å². The van der Waals surface area contributed by atoms with Gasteiger partial charge in [-0.05, 0) is 54.8 Å². The monoisotopic (exact) mass is 386 g/mol. The van der Waals surface area contributed by atoms with Gasteiger partial charge in [-0.2, -0.15) is 0 Å². The van der Waals surface area contributed by atoms with Gasteiger partial charge in [-0.25, -0.2) is 4.39 Å². The van der Waals surface area contributed by atoms with Crippen molar-refractivity contribution in [1.29, 1.82) is 0 Å². The van der Waals surface area contributed by atoms with Crippen LogP contribution in [-0.2, 0) is 17.8 Å². The van der Waals surface area contributed by atoms with Crippen LogP contribution in [0.5, 0.6) is 0 Å². The fraction of sp³-hybridized carbons (Fsp3) is 0.160. The average molecular weight is 386 g/mol. The Hall–Kier alpha value is -3.40. The number of rotatable bonds is 5. The van der Waals surface area contributed by atoms with Gasteiger partial charge in [0.25, 0.3) is 0 Å². The van der Waals surface area contributed by atoms with Crippen molar-refractivity contribution >= 4 is 22.5 Å². The lowest BCUT2D eigenvalue weighted by molar-refractivity contribution is -0.115. The molecule has 0 aliphatic carbocycles. The molecule has 0 aliphatic rings. The molecular formula is C25H23FN2O. The summed E-state index contributed by atoms with van der Waals surface area (Å²) < 4.78 is 15.3. The van der Waals surface area contributed by atoms with Crippen molar-refractivity contribution in [3.8, 4) is 0 Å². The Bertz CT molecular complexity index is 1180. The molecule has 0 radical (unpaired) electrons. The topological polar surface area (TPSA) is 34.0 Å². The first kappa shape index (κ1) is 18.9. The van der Waals surface area contributed by atoms with Gasteiger partial charge >= 0.3 is 0 Å². The van der Waals surface area contributed by atoms with Gasteiger partial charge in [0, 0.05) is 29.3 Å². The normalized spacial score (nSPS) is 11.0. The van der Waals surface area contributed by atoms with Crippen LogP contribution < -0.4 is 5.32 Å². The van der Waals surface area contributed by atoms with E-state index in [9.17, 15) is 9.18 Å². The fourth-order valence-corrected chi connectivity index (χ4v) is 3.70. The number of aryl methyl sites for hydroxylation is 2. The quantitative estimate of drug-likeness (QED) is 0.474. The third-order valence-electron chi connectivity index (χ3n) is 5.14. The van der Waals surface area contributed by atoms with Gasteiger partial charge in [0.1, 0.15) is 5.82 Å². The first-order chi connectivity index (χ1) is 14.0. The molecular weight excluding hydrogens is 363 g/mol. The maximum Gasteiger partial charge on any atom is 0.228 e. The minimum absolute atomic E-state index is 0.0401. The number of amides is 1. The molecule has 3 nitrogen and oxygen atoms in total. The van der Waals surface area contributed by atoms with E-state index >= 15 is 0 Å². The number of aromatic nitrogens is 1. The van der Waals surface area contributed by atoms with Gasteiger partial charge in [-0.1, -0.05) is 48.0 Å². The van der Waals surface area contributed by atoms with Crippen LogP contribution in [0.25, 0.3) is 10.9 Å². The maximum atomic E-state index is 13.2. The summed E-state index contributed by atoms with van der Waals surface area (Å²) in [6.45, 7) is 4.66. The van der Waals surface area contributed by atoms with Crippen molar-refractivity contribution in [1.82, 2.24) is 4.57 Å². The Morgan fingerprint density at radius 1 is 1.00 bits per heavy atom. The number of halogens is 1. The maximum absolute atomic E-state index is 13.2. The van der Waals surface area contributed by atoms with Gasteiger partial charge in [0.15, 0.2) is 0 Å². The van der Waals surface area contributed by atoms with E-state index in [0.29, 0.717) is 13.0 Å². The molecule has 1 aromatic heterocycles. The Morgan fingerprint density at radius 2 is 1.76 bits per heavy atom. The zero-order valence-electron chi connectivity index (χ0n) is 16.6. The molecule has 4 aromatic rings. The van der Waals surface area contributed by atoms with Crippen molar-refractivity contribution in [2.45, 2.75) is 26.8 Å². The SMILES string of the molecule is Cc1ccc(NC(=O)Cc2cn(Cc3ccc(F)cc3)c3ccccc23)c(C)c1. The van der Waals surface area contributed by atoms with Crippen LogP contribution in [0.1, 0.15) is 22.3 Å². The summed E-state index contributed by atoms with van der Waals surface area (Å²) in [6, 6.07) is 20.6. The Kier molecular flexibility index (Phi) is 5.17. The summed E-state index contributed by atoms with van der Waals surface area (Å²) in [5.41, 5.74) is 6.12. The molecule has 0 fully saturated rings. The second-order valence-corrected chi connectivity index (χ2v) is 7.47. The number of carbonyl (C=O) groups excluding carboxylic acids is 1. The predicted molar refractivity (Wildman–Crippen MR) is 116 cm³/mol. The van der Waals surface area contributed by atoms with E-state index in [0.717, 1.165) is 33.3 Å². The largest absolute Gasteiger partial charge is 0.343 e. The summed E-state index contributed by atoms with van der Waals surface area (Å²) >= 11 is 0. The summed E-state index contributed by atoms with van der Waals surface area (Å²) in [5.74, 6) is -0.281. The molecule has 0 spiro atoms. The molecule has 0 aliphatic heterocycles. The standard InChI is InChI=1S/C25H23FN2O/c1-17-7-12-23(18(2)13-17)27-25(29)14-20-16-28(24-6-4-3-5-22(20)24)15-19-8-10-21(26)11-9-19/h3-13,16H,14-15H2,1-2H3,(H,27,29). The minimum atomic E-state index is -0.241. The van der Waals surface area contributed by atoms with Crippen molar-refractivity contribution in [3.63, 3.8) is 0 Å². The molecule has 4 heteroatoms. The van der Waals surface area contributed by atoms with E-state index in [1.807, 2.05) is 56.4 Å². The number of nitrogens with one attached hydrogen (secondary N) is 1. The van der Waals surface area contributed by atoms with E-state index in [1.54, 1.807) is 12.1 Å². The number of carbonyl (C=O) groups is 1. The summed E-state index contributed by atoms with van der Waals surface area (Å²) in [7, 11) is 0. The fourth-order valence-electron chi connectivity index (χ4n) is 3.70. The third-order valence-corrected chi connectivity index (χ3v) is 5.14. The average Bonchev–Trinajstić information content (AvgIpc) is 3.03. The van der Waals surface area contributed by atoms with Crippen molar-refractivity contribution < 1.29 is 9.18 Å². The highest BCUT2D eigenvalue weighted by Gasteiger charge is 2.13. The highest BCUT2D eigenvalue weighted by Crippen LogP contribution is 2.24. The van der Waals surface area contributed by atoms with Crippen LogP contribution in [0, 0.1) is 19.7 Å². The smallest absolute Gasteiger partial charge is 0.228 e. The predicted octanol–water partition coefficient (Wildman–Crippen LogP) is 5.63. The van der Waals surface area contributed by atoms with Gasteiger partial charge in [0.2, 0.25) is 5.91 Å². The summed E-state index contributed by atoms with van der Waals surface area (Å²) in [4.78, 5) is 12.7. The number of anilines is 1. The number of hydrogen-bond donors (Lipinski definition) is 1. The molecule has 0 saturated heterocycles. The molecule has 4 rings (SSSR count). The molecule has 29 heavy (non-hydrogen) atoms. The first-order valence-electron chi connectivity index (χ1n) is 9.68. The zero-order chi connectivity index (χ0) is 20.4. The van der Waals surface area contributed by atoms with E-state index in [2.05, 4.69) is 16.0 Å². The van der Waals surface area contributed by atoms with Crippen LogP contribution in [0.15, 0.2) is 72.9 Å². The summed E-state index contributed by atoms with van der Waals surface area (Å²) in [5, 5.41) is 4.09. The van der Waals surface area contributed by atoms with Crippen LogP contribution in [-0.4, -0.2) is 10.5 Å². The number of benzene rings is 3. The second kappa shape index (κ2) is 7.92. The second-order valence-electron chi connectivity index (χ2n) is 7.47. The van der Waals surface area contributed by atoms with Gasteiger partial charge in [-0.15, -0.1) is 0 Å². The van der Waals surface area contributed by atoms with Gasteiger partial charge in [-0.3, -0.25) is 4.79 Å². The molecule has 1 amide bonds. The highest BCUT2D eigenvalue weighted by molar-refractivity contribution is 5.96. The van der Waals surface area contributed by atoms with Crippen LogP contribution >= 0.6 is 0 Å². The molecule has 0 bridgehead atoms. The lowest BCUT2D eigenvalue weighted by Gasteiger charge is -2.09. The molecule has 3 aromatic carbocycles. The molecule has 146 valence electrons. The zero-order valence-corrected chi connectivity index (χ0v) is 16.6. The Balaban J connectivity index is 1.58. The Labute approximate surface area is 169 Å². The Morgan fingerprint density at radius 3 is 2.52 bits per heavy atom. The van der Waals surface area contributed by atoms with Crippen molar-refractivity contribution in [3.05, 3.63) is 101 Å². The van der Waals surface area contributed by atoms with E-state index in [1.165, 1.54) is 17.7 Å². The first-order valence-corrected chi connectivity index (χ1v) is 9.68. The lowest BCUT2D eigenvalue weighted by Crippen LogP contribution is -2.15. The minimum Gasteiger partial charge on any atom is -0.343 e. The molecule has 0 saturated carbocycles. The van der Waals surface area contributed by atoms with Gasteiger partial charge in [0.05, 0.1) is 6.42 Å². The molecule has 0 atom stereocenters.